The first-order valence-corrected chi connectivity index (χ1v) is 12.2. The predicted octanol–water partition coefficient (Wildman–Crippen LogP) is 4.93. The van der Waals surface area contributed by atoms with Gasteiger partial charge in [-0.1, -0.05) is 50.3 Å². The molecule has 4 heteroatoms. The average Bonchev–Trinajstić information content (AvgIpc) is 2.68. The number of para-hydroxylation sites is 1. The second-order valence-electron chi connectivity index (χ2n) is 7.57. The van der Waals surface area contributed by atoms with Crippen LogP contribution in [0.2, 0.25) is 19.6 Å². The highest BCUT2D eigenvalue weighted by molar-refractivity contribution is 6.83. The van der Waals surface area contributed by atoms with Crippen LogP contribution in [0, 0.1) is 11.5 Å². The number of rotatable bonds is 1. The standard InChI is InChI=1S/C22H24N2OSi/c1-17-15-22(25)23(2)20-12-11-18(13-14-26(3,4)5)16-21(20)24(17)19-9-7-6-8-10-19/h6-12,16H,1,15H2,2-5H3. The molecular weight excluding hydrogens is 336 g/mol. The lowest BCUT2D eigenvalue weighted by Gasteiger charge is -2.27. The zero-order valence-electron chi connectivity index (χ0n) is 15.8. The molecular formula is C22H24N2OSi. The first kappa shape index (κ1) is 18.0. The minimum absolute atomic E-state index is 0.0376. The molecule has 132 valence electrons. The van der Waals surface area contributed by atoms with Gasteiger partial charge >= 0.3 is 0 Å². The van der Waals surface area contributed by atoms with Crippen LogP contribution in [-0.4, -0.2) is 21.0 Å². The maximum absolute atomic E-state index is 12.5. The van der Waals surface area contributed by atoms with Crippen LogP contribution in [0.4, 0.5) is 17.1 Å². The van der Waals surface area contributed by atoms with Crippen LogP contribution in [0.3, 0.4) is 0 Å². The van der Waals surface area contributed by atoms with E-state index in [2.05, 4.69) is 48.7 Å². The number of anilines is 3. The summed E-state index contributed by atoms with van der Waals surface area (Å²) < 4.78 is 0. The van der Waals surface area contributed by atoms with Crippen LogP contribution >= 0.6 is 0 Å². The van der Waals surface area contributed by atoms with Crippen molar-refractivity contribution < 1.29 is 4.79 Å². The zero-order chi connectivity index (χ0) is 18.9. The molecule has 1 heterocycles. The molecule has 0 fully saturated rings. The molecule has 3 nitrogen and oxygen atoms in total. The Morgan fingerprint density at radius 2 is 1.73 bits per heavy atom. The summed E-state index contributed by atoms with van der Waals surface area (Å²) in [6.45, 7) is 10.9. The van der Waals surface area contributed by atoms with Crippen molar-refractivity contribution in [3.63, 3.8) is 0 Å². The number of carbonyl (C=O) groups excluding carboxylic acids is 1. The van der Waals surface area contributed by atoms with Crippen molar-refractivity contribution in [3.8, 4) is 11.5 Å². The van der Waals surface area contributed by atoms with Gasteiger partial charge < -0.3 is 9.80 Å². The molecule has 1 aliphatic rings. The molecule has 0 aromatic heterocycles. The van der Waals surface area contributed by atoms with E-state index < -0.39 is 8.07 Å². The number of hydrogen-bond acceptors (Lipinski definition) is 2. The first-order valence-electron chi connectivity index (χ1n) is 8.73. The van der Waals surface area contributed by atoms with Crippen LogP contribution in [0.5, 0.6) is 0 Å². The van der Waals surface area contributed by atoms with Gasteiger partial charge in [-0.2, -0.15) is 0 Å². The molecule has 0 saturated heterocycles. The van der Waals surface area contributed by atoms with E-state index in [0.29, 0.717) is 0 Å². The summed E-state index contributed by atoms with van der Waals surface area (Å²) in [5, 5.41) is 0. The lowest BCUT2D eigenvalue weighted by Crippen LogP contribution is -2.24. The summed E-state index contributed by atoms with van der Waals surface area (Å²) in [4.78, 5) is 16.3. The van der Waals surface area contributed by atoms with Gasteiger partial charge in [0.25, 0.3) is 0 Å². The van der Waals surface area contributed by atoms with Crippen molar-refractivity contribution in [1.29, 1.82) is 0 Å². The molecule has 0 radical (unpaired) electrons. The fraction of sp³-hybridized carbons (Fsp3) is 0.227. The third-order valence-electron chi connectivity index (χ3n) is 4.22. The highest BCUT2D eigenvalue weighted by atomic mass is 28.3. The Balaban J connectivity index is 2.18. The third kappa shape index (κ3) is 3.73. The normalized spacial score (nSPS) is 14.5. The van der Waals surface area contributed by atoms with E-state index in [9.17, 15) is 4.79 Å². The molecule has 0 spiro atoms. The molecule has 0 bridgehead atoms. The number of benzene rings is 2. The number of hydrogen-bond donors (Lipinski definition) is 0. The van der Waals surface area contributed by atoms with E-state index in [1.165, 1.54) is 0 Å². The molecule has 0 atom stereocenters. The molecule has 1 aliphatic heterocycles. The summed E-state index contributed by atoms with van der Waals surface area (Å²) in [5.74, 6) is 3.36. The topological polar surface area (TPSA) is 23.6 Å². The molecule has 0 N–H and O–H groups in total. The molecule has 0 aliphatic carbocycles. The number of carbonyl (C=O) groups is 1. The van der Waals surface area contributed by atoms with Gasteiger partial charge in [0.1, 0.15) is 8.07 Å². The number of nitrogens with zero attached hydrogens (tertiary/aromatic N) is 2. The maximum atomic E-state index is 12.5. The smallest absolute Gasteiger partial charge is 0.232 e. The second-order valence-corrected chi connectivity index (χ2v) is 12.3. The van der Waals surface area contributed by atoms with Gasteiger partial charge in [-0.3, -0.25) is 4.79 Å². The summed E-state index contributed by atoms with van der Waals surface area (Å²) >= 11 is 0. The monoisotopic (exact) mass is 360 g/mol. The van der Waals surface area contributed by atoms with Gasteiger partial charge in [0.2, 0.25) is 5.91 Å². The van der Waals surface area contributed by atoms with Crippen LogP contribution in [0.1, 0.15) is 12.0 Å². The predicted molar refractivity (Wildman–Crippen MR) is 112 cm³/mol. The minimum Gasteiger partial charge on any atom is -0.313 e. The largest absolute Gasteiger partial charge is 0.313 e. The zero-order valence-corrected chi connectivity index (χ0v) is 16.8. The number of amides is 1. The highest BCUT2D eigenvalue weighted by Gasteiger charge is 2.27. The van der Waals surface area contributed by atoms with Gasteiger partial charge in [-0.25, -0.2) is 0 Å². The van der Waals surface area contributed by atoms with Crippen LogP contribution in [0.25, 0.3) is 0 Å². The summed E-state index contributed by atoms with van der Waals surface area (Å²) in [6.07, 6.45) is 0.288. The molecule has 26 heavy (non-hydrogen) atoms. The Labute approximate surface area is 157 Å². The minimum atomic E-state index is -1.46. The molecule has 1 amide bonds. The molecule has 2 aromatic carbocycles. The first-order chi connectivity index (χ1) is 12.3. The van der Waals surface area contributed by atoms with E-state index in [1.807, 2.05) is 49.5 Å². The quantitative estimate of drug-likeness (QED) is 0.531. The Bertz CT molecular complexity index is 917. The van der Waals surface area contributed by atoms with Gasteiger partial charge in [-0.15, -0.1) is 5.54 Å². The summed E-state index contributed by atoms with van der Waals surface area (Å²) in [6, 6.07) is 16.1. The van der Waals surface area contributed by atoms with Crippen LogP contribution in [-0.2, 0) is 4.79 Å². The molecule has 0 saturated carbocycles. The van der Waals surface area contributed by atoms with Gasteiger partial charge in [0.15, 0.2) is 0 Å². The fourth-order valence-electron chi connectivity index (χ4n) is 2.90. The van der Waals surface area contributed by atoms with Gasteiger partial charge in [0.05, 0.1) is 17.8 Å². The van der Waals surface area contributed by atoms with Crippen molar-refractivity contribution >= 4 is 31.0 Å². The van der Waals surface area contributed by atoms with Gasteiger partial charge in [-0.05, 0) is 30.3 Å². The maximum Gasteiger partial charge on any atom is 0.232 e. The Hall–Kier alpha value is -2.77. The van der Waals surface area contributed by atoms with Crippen molar-refractivity contribution in [2.75, 3.05) is 16.8 Å². The van der Waals surface area contributed by atoms with Crippen LogP contribution in [0.15, 0.2) is 60.8 Å². The summed E-state index contributed by atoms with van der Waals surface area (Å²) in [5.41, 5.74) is 7.95. The Morgan fingerprint density at radius 1 is 1.04 bits per heavy atom. The number of fused-ring (bicyclic) bond motifs is 1. The van der Waals surface area contributed by atoms with E-state index in [0.717, 1.165) is 28.3 Å². The SMILES string of the molecule is C=C1CC(=O)N(C)c2ccc(C#C[Si](C)(C)C)cc2N1c1ccccc1. The van der Waals surface area contributed by atoms with E-state index in [4.69, 9.17) is 0 Å². The Morgan fingerprint density at radius 3 is 2.38 bits per heavy atom. The fourth-order valence-corrected chi connectivity index (χ4v) is 3.42. The average molecular weight is 361 g/mol. The van der Waals surface area contributed by atoms with Crippen molar-refractivity contribution in [3.05, 3.63) is 66.4 Å². The van der Waals surface area contributed by atoms with E-state index in [-0.39, 0.29) is 12.3 Å². The lowest BCUT2D eigenvalue weighted by atomic mass is 10.1. The van der Waals surface area contributed by atoms with Crippen molar-refractivity contribution in [1.82, 2.24) is 0 Å². The van der Waals surface area contributed by atoms with E-state index >= 15 is 0 Å². The van der Waals surface area contributed by atoms with E-state index in [1.54, 1.807) is 4.90 Å². The highest BCUT2D eigenvalue weighted by Crippen LogP contribution is 2.40. The van der Waals surface area contributed by atoms with Crippen LogP contribution < -0.4 is 9.80 Å². The van der Waals surface area contributed by atoms with Crippen molar-refractivity contribution in [2.45, 2.75) is 26.1 Å². The molecule has 0 unspecified atom stereocenters. The summed E-state index contributed by atoms with van der Waals surface area (Å²) in [7, 11) is 0.355. The molecule has 3 rings (SSSR count). The van der Waals surface area contributed by atoms with Gasteiger partial charge in [0, 0.05) is 24.0 Å². The second kappa shape index (κ2) is 6.85. The molecule has 2 aromatic rings. The lowest BCUT2D eigenvalue weighted by molar-refractivity contribution is -0.117. The Kier molecular flexibility index (Phi) is 4.75. The third-order valence-corrected chi connectivity index (χ3v) is 5.09. The van der Waals surface area contributed by atoms with Crippen molar-refractivity contribution in [2.24, 2.45) is 0 Å².